The van der Waals surface area contributed by atoms with Crippen LogP contribution in [0.1, 0.15) is 38.7 Å². The van der Waals surface area contributed by atoms with E-state index in [0.29, 0.717) is 23.1 Å². The van der Waals surface area contributed by atoms with Gasteiger partial charge in [-0.2, -0.15) is 0 Å². The van der Waals surface area contributed by atoms with Crippen LogP contribution in [-0.4, -0.2) is 36.8 Å². The Morgan fingerprint density at radius 1 is 1.19 bits per heavy atom. The van der Waals surface area contributed by atoms with E-state index in [1.165, 1.54) is 11.0 Å². The second-order valence-electron chi connectivity index (χ2n) is 6.65. The smallest absolute Gasteiger partial charge is 0.331 e. The Kier molecular flexibility index (Phi) is 4.79. The zero-order valence-electron chi connectivity index (χ0n) is 15.0. The van der Waals surface area contributed by atoms with E-state index in [1.54, 1.807) is 32.0 Å². The number of hydrogen-bond acceptors (Lipinski definition) is 4. The van der Waals surface area contributed by atoms with Gasteiger partial charge in [0.2, 0.25) is 10.0 Å². The van der Waals surface area contributed by atoms with Crippen LogP contribution in [0.5, 0.6) is 0 Å². The Balaban J connectivity index is 2.08. The van der Waals surface area contributed by atoms with Gasteiger partial charge in [-0.25, -0.2) is 18.4 Å². The molecule has 0 bridgehead atoms. The molecule has 1 heterocycles. The number of carbonyl (C=O) groups excluding carboxylic acids is 1. The Morgan fingerprint density at radius 3 is 2.48 bits per heavy atom. The van der Waals surface area contributed by atoms with Crippen LogP contribution in [0.4, 0.5) is 0 Å². The Morgan fingerprint density at radius 2 is 1.85 bits per heavy atom. The zero-order chi connectivity index (χ0) is 19.9. The molecule has 8 heteroatoms. The van der Waals surface area contributed by atoms with Gasteiger partial charge < -0.3 is 10.0 Å². The van der Waals surface area contributed by atoms with Crippen molar-refractivity contribution in [2.24, 2.45) is 5.14 Å². The van der Waals surface area contributed by atoms with Crippen LogP contribution in [0, 0.1) is 13.8 Å². The van der Waals surface area contributed by atoms with Gasteiger partial charge in [-0.1, -0.05) is 24.3 Å². The molecule has 0 aromatic heterocycles. The first-order chi connectivity index (χ1) is 12.6. The molecule has 7 nitrogen and oxygen atoms in total. The summed E-state index contributed by atoms with van der Waals surface area (Å²) >= 11 is 0. The van der Waals surface area contributed by atoms with Gasteiger partial charge in [-0.3, -0.25) is 4.79 Å². The zero-order valence-corrected chi connectivity index (χ0v) is 15.8. The van der Waals surface area contributed by atoms with Crippen LogP contribution in [0.3, 0.4) is 0 Å². The molecule has 0 saturated heterocycles. The molecule has 0 spiro atoms. The number of nitrogens with two attached hydrogens (primary N) is 1. The van der Waals surface area contributed by atoms with Gasteiger partial charge in [0.05, 0.1) is 4.90 Å². The summed E-state index contributed by atoms with van der Waals surface area (Å²) < 4.78 is 23.7. The second-order valence-corrected chi connectivity index (χ2v) is 8.18. The fraction of sp³-hybridized carbons (Fsp3) is 0.263. The van der Waals surface area contributed by atoms with Crippen molar-refractivity contribution >= 4 is 21.9 Å². The minimum Gasteiger partial charge on any atom is -0.479 e. The Hall–Kier alpha value is -2.71. The van der Waals surface area contributed by atoms with Crippen LogP contribution in [0.2, 0.25) is 0 Å². The highest BCUT2D eigenvalue weighted by atomic mass is 32.2. The Labute approximate surface area is 157 Å². The van der Waals surface area contributed by atoms with Crippen LogP contribution in [0.25, 0.3) is 0 Å². The molecule has 2 aromatic rings. The summed E-state index contributed by atoms with van der Waals surface area (Å²) in [6.45, 7) is 3.52. The van der Waals surface area contributed by atoms with E-state index in [2.05, 4.69) is 0 Å². The maximum Gasteiger partial charge on any atom is 0.331 e. The maximum atomic E-state index is 13.1. The molecule has 0 fully saturated rings. The quantitative estimate of drug-likeness (QED) is 0.831. The first-order valence-electron chi connectivity index (χ1n) is 8.37. The largest absolute Gasteiger partial charge is 0.479 e. The molecule has 1 atom stereocenters. The van der Waals surface area contributed by atoms with Crippen molar-refractivity contribution in [3.05, 3.63) is 64.2 Å². The highest BCUT2D eigenvalue weighted by molar-refractivity contribution is 7.89. The van der Waals surface area contributed by atoms with Gasteiger partial charge in [0.1, 0.15) is 0 Å². The molecule has 3 N–H and O–H groups in total. The summed E-state index contributed by atoms with van der Waals surface area (Å²) in [6, 6.07) is 8.77. The van der Waals surface area contributed by atoms with Crippen LogP contribution in [0.15, 0.2) is 41.3 Å². The standard InChI is InChI=1S/C19H20N2O5S/c1-11-9-14(10-16(12(11)2)27(20,25)26)18(22)21-8-7-13-5-3-4-6-15(13)17(21)19(23)24/h3-6,9-10,17H,7-8H2,1-2H3,(H,23,24)(H2,20,25,26). The number of primary sulfonamides is 1. The molecule has 0 aliphatic carbocycles. The highest BCUT2D eigenvalue weighted by Gasteiger charge is 2.36. The van der Waals surface area contributed by atoms with E-state index in [9.17, 15) is 23.1 Å². The normalized spacial score (nSPS) is 16.7. The molecule has 3 rings (SSSR count). The van der Waals surface area contributed by atoms with Gasteiger partial charge in [0, 0.05) is 12.1 Å². The summed E-state index contributed by atoms with van der Waals surface area (Å²) in [5, 5.41) is 15.0. The average molecular weight is 388 g/mol. The lowest BCUT2D eigenvalue weighted by Gasteiger charge is -2.35. The lowest BCUT2D eigenvalue weighted by molar-refractivity contribution is -0.143. The van der Waals surface area contributed by atoms with Crippen molar-refractivity contribution < 1.29 is 23.1 Å². The molecule has 1 aliphatic rings. The number of aryl methyl sites for hydroxylation is 1. The van der Waals surface area contributed by atoms with E-state index in [1.807, 2.05) is 12.1 Å². The molecule has 1 unspecified atom stereocenters. The van der Waals surface area contributed by atoms with Gasteiger partial charge in [0.15, 0.2) is 6.04 Å². The number of carboxylic acid groups (broad SMARTS) is 1. The number of benzene rings is 2. The third kappa shape index (κ3) is 3.45. The van der Waals surface area contributed by atoms with E-state index in [0.717, 1.165) is 5.56 Å². The van der Waals surface area contributed by atoms with Crippen molar-refractivity contribution in [2.75, 3.05) is 6.54 Å². The molecule has 1 amide bonds. The molecular formula is C19H20N2O5S. The van der Waals surface area contributed by atoms with Crippen LogP contribution < -0.4 is 5.14 Å². The third-order valence-corrected chi connectivity index (χ3v) is 5.99. The van der Waals surface area contributed by atoms with Gasteiger partial charge in [-0.15, -0.1) is 0 Å². The van der Waals surface area contributed by atoms with Crippen molar-refractivity contribution in [1.82, 2.24) is 4.90 Å². The van der Waals surface area contributed by atoms with Crippen LogP contribution in [-0.2, 0) is 21.2 Å². The van der Waals surface area contributed by atoms with Crippen molar-refractivity contribution in [3.8, 4) is 0 Å². The SMILES string of the molecule is Cc1cc(C(=O)N2CCc3ccccc3C2C(=O)O)cc(S(N)(=O)=O)c1C. The molecule has 0 radical (unpaired) electrons. The van der Waals surface area contributed by atoms with Gasteiger partial charge in [-0.05, 0) is 54.7 Å². The minimum atomic E-state index is -4.01. The minimum absolute atomic E-state index is 0.104. The number of rotatable bonds is 3. The first kappa shape index (κ1) is 19.1. The summed E-state index contributed by atoms with van der Waals surface area (Å²) in [6.07, 6.45) is 0.526. The lowest BCUT2D eigenvalue weighted by atomic mass is 9.92. The van der Waals surface area contributed by atoms with Crippen LogP contribution >= 0.6 is 0 Å². The number of carboxylic acids is 1. The lowest BCUT2D eigenvalue weighted by Crippen LogP contribution is -2.43. The fourth-order valence-corrected chi connectivity index (χ4v) is 4.34. The van der Waals surface area contributed by atoms with Gasteiger partial charge >= 0.3 is 5.97 Å². The Bertz CT molecular complexity index is 1050. The summed E-state index contributed by atoms with van der Waals surface area (Å²) in [5.74, 6) is -1.67. The van der Waals surface area contributed by atoms with Crippen molar-refractivity contribution in [1.29, 1.82) is 0 Å². The number of nitrogens with zero attached hydrogens (tertiary/aromatic N) is 1. The summed E-state index contributed by atoms with van der Waals surface area (Å²) in [5.41, 5.74) is 2.62. The number of carbonyl (C=O) groups is 2. The number of sulfonamides is 1. The second kappa shape index (κ2) is 6.79. The topological polar surface area (TPSA) is 118 Å². The van der Waals surface area contributed by atoms with Gasteiger partial charge in [0.25, 0.3) is 5.91 Å². The van der Waals surface area contributed by atoms with E-state index in [-0.39, 0.29) is 17.0 Å². The molecule has 1 aliphatic heterocycles. The van der Waals surface area contributed by atoms with E-state index < -0.39 is 27.9 Å². The molecule has 142 valence electrons. The average Bonchev–Trinajstić information content (AvgIpc) is 2.61. The predicted octanol–water partition coefficient (Wildman–Crippen LogP) is 1.78. The van der Waals surface area contributed by atoms with E-state index in [4.69, 9.17) is 5.14 Å². The highest BCUT2D eigenvalue weighted by Crippen LogP contribution is 2.32. The number of amides is 1. The molecule has 2 aromatic carbocycles. The number of hydrogen-bond donors (Lipinski definition) is 2. The molecule has 27 heavy (non-hydrogen) atoms. The number of aliphatic carboxylic acids is 1. The molecule has 0 saturated carbocycles. The fourth-order valence-electron chi connectivity index (χ4n) is 3.46. The third-order valence-electron chi connectivity index (χ3n) is 4.95. The maximum absolute atomic E-state index is 13.1. The summed E-state index contributed by atoms with van der Waals surface area (Å²) in [7, 11) is -4.01. The monoisotopic (exact) mass is 388 g/mol. The first-order valence-corrected chi connectivity index (χ1v) is 9.91. The van der Waals surface area contributed by atoms with E-state index >= 15 is 0 Å². The predicted molar refractivity (Wildman–Crippen MR) is 98.8 cm³/mol. The van der Waals surface area contributed by atoms with Crippen molar-refractivity contribution in [3.63, 3.8) is 0 Å². The van der Waals surface area contributed by atoms with Crippen molar-refractivity contribution in [2.45, 2.75) is 31.2 Å². The molecular weight excluding hydrogens is 368 g/mol. The number of fused-ring (bicyclic) bond motifs is 1. The summed E-state index contributed by atoms with van der Waals surface area (Å²) in [4.78, 5) is 26.1.